The van der Waals surface area contributed by atoms with Crippen molar-refractivity contribution < 1.29 is 4.74 Å². The molecule has 1 aromatic heterocycles. The number of aryl methyl sites for hydroxylation is 1. The minimum Gasteiger partial charge on any atom is -0.383 e. The second-order valence-corrected chi connectivity index (χ2v) is 5.22. The number of rotatable bonds is 9. The second kappa shape index (κ2) is 8.08. The fourth-order valence-electron chi connectivity index (χ4n) is 2.59. The van der Waals surface area contributed by atoms with Crippen molar-refractivity contribution in [2.75, 3.05) is 20.3 Å². The number of nitrogens with one attached hydrogen (secondary N) is 1. The average Bonchev–Trinajstić information content (AvgIpc) is 2.82. The molecule has 0 saturated heterocycles. The zero-order valence-corrected chi connectivity index (χ0v) is 12.7. The summed E-state index contributed by atoms with van der Waals surface area (Å²) >= 11 is 0. The number of para-hydroxylation sites is 1. The molecular weight excluding hydrogens is 248 g/mol. The molecule has 0 bridgehead atoms. The van der Waals surface area contributed by atoms with Gasteiger partial charge in [0.05, 0.1) is 6.61 Å². The normalized spacial score (nSPS) is 11.3. The van der Waals surface area contributed by atoms with Crippen LogP contribution in [0.5, 0.6) is 0 Å². The monoisotopic (exact) mass is 274 g/mol. The number of unbranched alkanes of at least 4 members (excludes halogenated alkanes) is 2. The molecule has 0 aliphatic carbocycles. The van der Waals surface area contributed by atoms with Crippen LogP contribution in [0, 0.1) is 0 Å². The van der Waals surface area contributed by atoms with E-state index in [2.05, 4.69) is 47.1 Å². The maximum absolute atomic E-state index is 5.08. The van der Waals surface area contributed by atoms with E-state index in [0.717, 1.165) is 26.2 Å². The van der Waals surface area contributed by atoms with E-state index in [1.165, 1.54) is 35.9 Å². The predicted molar refractivity (Wildman–Crippen MR) is 85.0 cm³/mol. The zero-order chi connectivity index (χ0) is 14.2. The number of nitrogens with zero attached hydrogens (tertiary/aromatic N) is 1. The maximum Gasteiger partial charge on any atom is 0.0587 e. The minimum absolute atomic E-state index is 0.760. The summed E-state index contributed by atoms with van der Waals surface area (Å²) in [6, 6.07) is 11.0. The van der Waals surface area contributed by atoms with Crippen LogP contribution < -0.4 is 5.32 Å². The van der Waals surface area contributed by atoms with Gasteiger partial charge in [0.2, 0.25) is 0 Å². The molecule has 20 heavy (non-hydrogen) atoms. The SMILES string of the molecule is CCCCCn1c(CNCCOC)cc2ccccc21. The molecular formula is C17H26N2O. The van der Waals surface area contributed by atoms with Crippen LogP contribution in [-0.4, -0.2) is 24.8 Å². The van der Waals surface area contributed by atoms with Gasteiger partial charge >= 0.3 is 0 Å². The van der Waals surface area contributed by atoms with Crippen LogP contribution in [0.3, 0.4) is 0 Å². The number of benzene rings is 1. The van der Waals surface area contributed by atoms with Crippen molar-refractivity contribution in [3.05, 3.63) is 36.0 Å². The number of ether oxygens (including phenoxy) is 1. The second-order valence-electron chi connectivity index (χ2n) is 5.22. The van der Waals surface area contributed by atoms with Gasteiger partial charge in [-0.3, -0.25) is 0 Å². The summed E-state index contributed by atoms with van der Waals surface area (Å²) in [5.74, 6) is 0. The van der Waals surface area contributed by atoms with Gasteiger partial charge in [0.15, 0.2) is 0 Å². The third-order valence-corrected chi connectivity index (χ3v) is 3.67. The molecule has 3 heteroatoms. The Kier molecular flexibility index (Phi) is 6.09. The summed E-state index contributed by atoms with van der Waals surface area (Å²) in [6.07, 6.45) is 3.81. The Morgan fingerprint density at radius 3 is 2.85 bits per heavy atom. The van der Waals surface area contributed by atoms with E-state index in [1.807, 2.05) is 0 Å². The lowest BCUT2D eigenvalue weighted by molar-refractivity contribution is 0.199. The first-order valence-electron chi connectivity index (χ1n) is 7.63. The first-order valence-corrected chi connectivity index (χ1v) is 7.63. The lowest BCUT2D eigenvalue weighted by Gasteiger charge is -2.11. The van der Waals surface area contributed by atoms with E-state index in [1.54, 1.807) is 7.11 Å². The topological polar surface area (TPSA) is 26.2 Å². The highest BCUT2D eigenvalue weighted by atomic mass is 16.5. The summed E-state index contributed by atoms with van der Waals surface area (Å²) in [5, 5.41) is 4.79. The lowest BCUT2D eigenvalue weighted by atomic mass is 10.2. The van der Waals surface area contributed by atoms with E-state index in [-0.39, 0.29) is 0 Å². The van der Waals surface area contributed by atoms with Crippen LogP contribution in [0.25, 0.3) is 10.9 Å². The molecule has 0 amide bonds. The van der Waals surface area contributed by atoms with Crippen LogP contribution in [0.15, 0.2) is 30.3 Å². The van der Waals surface area contributed by atoms with Gasteiger partial charge in [-0.1, -0.05) is 38.0 Å². The van der Waals surface area contributed by atoms with Crippen LogP contribution in [0.1, 0.15) is 31.9 Å². The van der Waals surface area contributed by atoms with Crippen LogP contribution in [0.2, 0.25) is 0 Å². The highest BCUT2D eigenvalue weighted by Crippen LogP contribution is 2.20. The molecule has 1 N–H and O–H groups in total. The predicted octanol–water partition coefficient (Wildman–Crippen LogP) is 3.57. The average molecular weight is 274 g/mol. The zero-order valence-electron chi connectivity index (χ0n) is 12.7. The van der Waals surface area contributed by atoms with Gasteiger partial charge in [0, 0.05) is 38.0 Å². The molecule has 2 rings (SSSR count). The summed E-state index contributed by atoms with van der Waals surface area (Å²) < 4.78 is 7.54. The minimum atomic E-state index is 0.760. The van der Waals surface area contributed by atoms with E-state index in [0.29, 0.717) is 0 Å². The van der Waals surface area contributed by atoms with Crippen LogP contribution >= 0.6 is 0 Å². The molecule has 0 aliphatic rings. The summed E-state index contributed by atoms with van der Waals surface area (Å²) in [5.41, 5.74) is 2.73. The Morgan fingerprint density at radius 2 is 2.05 bits per heavy atom. The maximum atomic E-state index is 5.08. The fourth-order valence-corrected chi connectivity index (χ4v) is 2.59. The highest BCUT2D eigenvalue weighted by molar-refractivity contribution is 5.81. The molecule has 0 spiro atoms. The molecule has 0 aliphatic heterocycles. The first kappa shape index (κ1) is 15.1. The largest absolute Gasteiger partial charge is 0.383 e. The number of hydrogen-bond donors (Lipinski definition) is 1. The van der Waals surface area contributed by atoms with Gasteiger partial charge in [0.1, 0.15) is 0 Å². The number of fused-ring (bicyclic) bond motifs is 1. The first-order chi connectivity index (χ1) is 9.86. The standard InChI is InChI=1S/C17H26N2O/c1-3-4-7-11-19-16(14-18-10-12-20-2)13-15-8-5-6-9-17(15)19/h5-6,8-9,13,18H,3-4,7,10-12,14H2,1-2H3. The van der Waals surface area contributed by atoms with E-state index in [4.69, 9.17) is 4.74 Å². The quantitative estimate of drug-likeness (QED) is 0.708. The highest BCUT2D eigenvalue weighted by Gasteiger charge is 2.07. The third-order valence-electron chi connectivity index (χ3n) is 3.67. The lowest BCUT2D eigenvalue weighted by Crippen LogP contribution is -2.20. The van der Waals surface area contributed by atoms with Gasteiger partial charge in [0.25, 0.3) is 0 Å². The summed E-state index contributed by atoms with van der Waals surface area (Å²) in [6.45, 7) is 5.93. The summed E-state index contributed by atoms with van der Waals surface area (Å²) in [4.78, 5) is 0. The molecule has 110 valence electrons. The molecule has 0 fully saturated rings. The number of hydrogen-bond acceptors (Lipinski definition) is 2. The molecule has 2 aromatic rings. The Hall–Kier alpha value is -1.32. The third kappa shape index (κ3) is 3.84. The van der Waals surface area contributed by atoms with Gasteiger partial charge in [-0.15, -0.1) is 0 Å². The van der Waals surface area contributed by atoms with E-state index < -0.39 is 0 Å². The Morgan fingerprint density at radius 1 is 1.20 bits per heavy atom. The molecule has 1 aromatic carbocycles. The number of aromatic nitrogens is 1. The molecule has 0 saturated carbocycles. The van der Waals surface area contributed by atoms with Gasteiger partial charge < -0.3 is 14.6 Å². The van der Waals surface area contributed by atoms with Crippen molar-refractivity contribution in [1.82, 2.24) is 9.88 Å². The van der Waals surface area contributed by atoms with Crippen molar-refractivity contribution in [2.45, 2.75) is 39.3 Å². The van der Waals surface area contributed by atoms with Gasteiger partial charge in [-0.25, -0.2) is 0 Å². The number of methoxy groups -OCH3 is 1. The van der Waals surface area contributed by atoms with Crippen molar-refractivity contribution >= 4 is 10.9 Å². The van der Waals surface area contributed by atoms with E-state index >= 15 is 0 Å². The smallest absolute Gasteiger partial charge is 0.0587 e. The van der Waals surface area contributed by atoms with Crippen molar-refractivity contribution in [1.29, 1.82) is 0 Å². The molecule has 1 heterocycles. The van der Waals surface area contributed by atoms with Crippen molar-refractivity contribution in [3.63, 3.8) is 0 Å². The molecule has 0 unspecified atom stereocenters. The molecule has 0 atom stereocenters. The van der Waals surface area contributed by atoms with Crippen LogP contribution in [-0.2, 0) is 17.8 Å². The molecule has 0 radical (unpaired) electrons. The van der Waals surface area contributed by atoms with Crippen LogP contribution in [0.4, 0.5) is 0 Å². The van der Waals surface area contributed by atoms with E-state index in [9.17, 15) is 0 Å². The Labute approximate surface area is 121 Å². The Bertz CT molecular complexity index is 519. The van der Waals surface area contributed by atoms with Gasteiger partial charge in [-0.05, 0) is 23.9 Å². The van der Waals surface area contributed by atoms with Gasteiger partial charge in [-0.2, -0.15) is 0 Å². The van der Waals surface area contributed by atoms with Crippen molar-refractivity contribution in [2.24, 2.45) is 0 Å². The molecule has 3 nitrogen and oxygen atoms in total. The van der Waals surface area contributed by atoms with Crippen molar-refractivity contribution in [3.8, 4) is 0 Å². The fraction of sp³-hybridized carbons (Fsp3) is 0.529. The summed E-state index contributed by atoms with van der Waals surface area (Å²) in [7, 11) is 1.74. The Balaban J connectivity index is 2.11.